The number of β-amino-alcohol motifs (C(OH)–C–C–N with tert-alkyl or cyclic N) is 1. The minimum atomic E-state index is -0.309. The Morgan fingerprint density at radius 3 is 2.95 bits per heavy atom. The van der Waals surface area contributed by atoms with Crippen LogP contribution in [0.25, 0.3) is 0 Å². The molecule has 1 fully saturated rings. The number of imidazole rings is 1. The second-order valence-electron chi connectivity index (χ2n) is 5.40. The minimum Gasteiger partial charge on any atom is -0.391 e. The largest absolute Gasteiger partial charge is 0.391 e. The van der Waals surface area contributed by atoms with Crippen molar-refractivity contribution in [3.63, 3.8) is 0 Å². The van der Waals surface area contributed by atoms with Crippen molar-refractivity contribution < 1.29 is 5.11 Å². The molecule has 0 spiro atoms. The topological polar surface area (TPSA) is 77.9 Å². The maximum absolute atomic E-state index is 10.2. The maximum atomic E-state index is 10.2. The van der Waals surface area contributed by atoms with E-state index in [-0.39, 0.29) is 12.0 Å². The number of aromatic amines is 1. The Bertz CT molecular complexity index is 556. The van der Waals surface area contributed by atoms with E-state index in [1.807, 2.05) is 6.92 Å². The predicted molar refractivity (Wildman–Crippen MR) is 73.8 cm³/mol. The number of aromatic nitrogens is 4. The molecule has 6 heteroatoms. The molecule has 1 saturated heterocycles. The number of H-pyrrole nitrogens is 1. The fourth-order valence-electron chi connectivity index (χ4n) is 2.73. The molecule has 3 rings (SSSR count). The first-order chi connectivity index (χ1) is 9.72. The van der Waals surface area contributed by atoms with Gasteiger partial charge in [0.1, 0.15) is 0 Å². The highest BCUT2D eigenvalue weighted by molar-refractivity contribution is 5.09. The lowest BCUT2D eigenvalue weighted by Crippen LogP contribution is -2.22. The molecule has 0 saturated carbocycles. The van der Waals surface area contributed by atoms with Gasteiger partial charge in [0.05, 0.1) is 23.8 Å². The van der Waals surface area contributed by atoms with Gasteiger partial charge in [-0.15, -0.1) is 0 Å². The van der Waals surface area contributed by atoms with Gasteiger partial charge in [0.2, 0.25) is 0 Å². The molecule has 0 radical (unpaired) electrons. The second-order valence-corrected chi connectivity index (χ2v) is 5.40. The Morgan fingerprint density at radius 1 is 1.35 bits per heavy atom. The van der Waals surface area contributed by atoms with Crippen LogP contribution in [0.5, 0.6) is 0 Å². The standard InChI is InChI=1S/C14H19N5O/c1-10-13(18-9-17-10)7-19-6-11(14(20)8-19)4-12-5-15-2-3-16-12/h2-3,5,9,11,14,20H,4,6-8H2,1H3,(H,17,18)/t11-,14-/m1/s1. The van der Waals surface area contributed by atoms with Gasteiger partial charge in [-0.1, -0.05) is 0 Å². The molecule has 2 N–H and O–H groups in total. The van der Waals surface area contributed by atoms with Crippen LogP contribution in [-0.4, -0.2) is 49.1 Å². The van der Waals surface area contributed by atoms with Crippen LogP contribution in [0.2, 0.25) is 0 Å². The van der Waals surface area contributed by atoms with E-state index in [9.17, 15) is 5.11 Å². The molecule has 0 aromatic carbocycles. The van der Waals surface area contributed by atoms with Gasteiger partial charge in [-0.25, -0.2) is 4.98 Å². The van der Waals surface area contributed by atoms with Crippen molar-refractivity contribution in [2.24, 2.45) is 5.92 Å². The highest BCUT2D eigenvalue weighted by Crippen LogP contribution is 2.22. The van der Waals surface area contributed by atoms with Crippen molar-refractivity contribution in [1.82, 2.24) is 24.8 Å². The van der Waals surface area contributed by atoms with Gasteiger partial charge < -0.3 is 10.1 Å². The van der Waals surface area contributed by atoms with Crippen LogP contribution >= 0.6 is 0 Å². The zero-order chi connectivity index (χ0) is 13.9. The molecule has 20 heavy (non-hydrogen) atoms. The van der Waals surface area contributed by atoms with Gasteiger partial charge in [-0.3, -0.25) is 14.9 Å². The van der Waals surface area contributed by atoms with Gasteiger partial charge in [0.15, 0.2) is 0 Å². The van der Waals surface area contributed by atoms with Crippen LogP contribution in [0, 0.1) is 12.8 Å². The van der Waals surface area contributed by atoms with Crippen LogP contribution in [0.1, 0.15) is 17.1 Å². The van der Waals surface area contributed by atoms with Crippen LogP contribution in [0.3, 0.4) is 0 Å². The fraction of sp³-hybridized carbons (Fsp3) is 0.500. The number of rotatable bonds is 4. The molecular weight excluding hydrogens is 254 g/mol. The molecule has 0 bridgehead atoms. The smallest absolute Gasteiger partial charge is 0.0925 e. The van der Waals surface area contributed by atoms with Gasteiger partial charge >= 0.3 is 0 Å². The Balaban J connectivity index is 1.61. The molecule has 2 aromatic heterocycles. The summed E-state index contributed by atoms with van der Waals surface area (Å²) < 4.78 is 0. The summed E-state index contributed by atoms with van der Waals surface area (Å²) >= 11 is 0. The van der Waals surface area contributed by atoms with E-state index in [1.165, 1.54) is 0 Å². The third kappa shape index (κ3) is 2.86. The van der Waals surface area contributed by atoms with Crippen LogP contribution in [0.4, 0.5) is 0 Å². The first-order valence-electron chi connectivity index (χ1n) is 6.86. The van der Waals surface area contributed by atoms with E-state index in [0.29, 0.717) is 6.54 Å². The number of nitrogens with one attached hydrogen (secondary N) is 1. The summed E-state index contributed by atoms with van der Waals surface area (Å²) in [5, 5.41) is 10.2. The van der Waals surface area contributed by atoms with Gasteiger partial charge in [0.25, 0.3) is 0 Å². The summed E-state index contributed by atoms with van der Waals surface area (Å²) in [7, 11) is 0. The zero-order valence-corrected chi connectivity index (χ0v) is 11.5. The maximum Gasteiger partial charge on any atom is 0.0925 e. The molecule has 1 aliphatic rings. The average Bonchev–Trinajstić information content (AvgIpc) is 2.99. The summed E-state index contributed by atoms with van der Waals surface area (Å²) in [6.07, 6.45) is 7.31. The highest BCUT2D eigenvalue weighted by atomic mass is 16.3. The lowest BCUT2D eigenvalue weighted by Gasteiger charge is -2.14. The monoisotopic (exact) mass is 273 g/mol. The number of aryl methyl sites for hydroxylation is 1. The molecule has 0 amide bonds. The fourth-order valence-corrected chi connectivity index (χ4v) is 2.73. The summed E-state index contributed by atoms with van der Waals surface area (Å²) in [5.41, 5.74) is 3.09. The Labute approximate surface area is 117 Å². The lowest BCUT2D eigenvalue weighted by molar-refractivity contribution is 0.140. The summed E-state index contributed by atoms with van der Waals surface area (Å²) in [4.78, 5) is 18.0. The number of aliphatic hydroxyl groups excluding tert-OH is 1. The number of hydrogen-bond acceptors (Lipinski definition) is 5. The van der Waals surface area contributed by atoms with Crippen molar-refractivity contribution in [1.29, 1.82) is 0 Å². The SMILES string of the molecule is Cc1[nH]cnc1CN1C[C@@H](Cc2cnccn2)[C@H](O)C1. The van der Waals surface area contributed by atoms with Crippen LogP contribution in [0.15, 0.2) is 24.9 Å². The predicted octanol–water partition coefficient (Wildman–Crippen LogP) is 0.544. The van der Waals surface area contributed by atoms with Crippen molar-refractivity contribution >= 4 is 0 Å². The van der Waals surface area contributed by atoms with Gasteiger partial charge in [-0.05, 0) is 13.3 Å². The molecule has 2 atom stereocenters. The zero-order valence-electron chi connectivity index (χ0n) is 11.5. The normalized spacial score (nSPS) is 23.3. The van der Waals surface area contributed by atoms with E-state index in [2.05, 4.69) is 24.8 Å². The molecule has 0 unspecified atom stereocenters. The number of hydrogen-bond donors (Lipinski definition) is 2. The van der Waals surface area contributed by atoms with E-state index in [1.54, 1.807) is 24.9 Å². The van der Waals surface area contributed by atoms with Crippen molar-refractivity contribution in [3.05, 3.63) is 42.0 Å². The quantitative estimate of drug-likeness (QED) is 0.850. The van der Waals surface area contributed by atoms with Crippen LogP contribution in [-0.2, 0) is 13.0 Å². The third-order valence-electron chi connectivity index (χ3n) is 3.88. The molecular formula is C14H19N5O. The second kappa shape index (κ2) is 5.68. The number of nitrogens with zero attached hydrogens (tertiary/aromatic N) is 4. The van der Waals surface area contributed by atoms with E-state index < -0.39 is 0 Å². The Hall–Kier alpha value is -1.79. The number of aliphatic hydroxyl groups is 1. The number of likely N-dealkylation sites (tertiary alicyclic amines) is 1. The van der Waals surface area contributed by atoms with E-state index in [0.717, 1.165) is 36.6 Å². The molecule has 6 nitrogen and oxygen atoms in total. The molecule has 0 aliphatic carbocycles. The van der Waals surface area contributed by atoms with Crippen molar-refractivity contribution in [2.75, 3.05) is 13.1 Å². The van der Waals surface area contributed by atoms with E-state index in [4.69, 9.17) is 0 Å². The first-order valence-corrected chi connectivity index (χ1v) is 6.86. The van der Waals surface area contributed by atoms with Gasteiger partial charge in [0, 0.05) is 49.8 Å². The molecule has 106 valence electrons. The van der Waals surface area contributed by atoms with Gasteiger partial charge in [-0.2, -0.15) is 0 Å². The summed E-state index contributed by atoms with van der Waals surface area (Å²) in [5.74, 6) is 0.214. The summed E-state index contributed by atoms with van der Waals surface area (Å²) in [6.45, 7) is 4.36. The Kier molecular flexibility index (Phi) is 3.75. The average molecular weight is 273 g/mol. The van der Waals surface area contributed by atoms with Crippen LogP contribution < -0.4 is 0 Å². The summed E-state index contributed by atoms with van der Waals surface area (Å²) in [6, 6.07) is 0. The molecule has 1 aliphatic heterocycles. The first kappa shape index (κ1) is 13.2. The van der Waals surface area contributed by atoms with Crippen molar-refractivity contribution in [2.45, 2.75) is 26.0 Å². The third-order valence-corrected chi connectivity index (χ3v) is 3.88. The molecule has 3 heterocycles. The minimum absolute atomic E-state index is 0.214. The van der Waals surface area contributed by atoms with E-state index >= 15 is 0 Å². The lowest BCUT2D eigenvalue weighted by atomic mass is 10.0. The van der Waals surface area contributed by atoms with Crippen molar-refractivity contribution in [3.8, 4) is 0 Å². The molecule has 2 aromatic rings. The Morgan fingerprint density at radius 2 is 2.25 bits per heavy atom. The highest BCUT2D eigenvalue weighted by Gasteiger charge is 2.32.